The smallest absolute Gasteiger partial charge is 0.247 e. The Kier molecular flexibility index (Phi) is 3.14. The molecule has 2 heterocycles. The largest absolute Gasteiger partial charge is 0.469 e. The Bertz CT molecular complexity index is 479. The number of amides is 2. The van der Waals surface area contributed by atoms with Crippen LogP contribution in [-0.4, -0.2) is 34.8 Å². The molecule has 2 unspecified atom stereocenters. The van der Waals surface area contributed by atoms with Crippen molar-refractivity contribution in [1.29, 1.82) is 0 Å². The first-order valence-electron chi connectivity index (χ1n) is 6.79. The normalized spacial score (nSPS) is 25.1. The summed E-state index contributed by atoms with van der Waals surface area (Å²) in [7, 11) is 0. The molecule has 1 N–H and O–H groups in total. The van der Waals surface area contributed by atoms with E-state index in [0.29, 0.717) is 6.42 Å². The summed E-state index contributed by atoms with van der Waals surface area (Å²) in [6.45, 7) is 2.00. The summed E-state index contributed by atoms with van der Waals surface area (Å²) in [4.78, 5) is 25.4. The van der Waals surface area contributed by atoms with Gasteiger partial charge < -0.3 is 9.73 Å². The number of nitrogens with one attached hydrogen (secondary N) is 1. The Balaban J connectivity index is 1.58. The molecule has 2 amide bonds. The highest BCUT2D eigenvalue weighted by atomic mass is 16.3. The van der Waals surface area contributed by atoms with E-state index in [0.717, 1.165) is 18.6 Å². The Morgan fingerprint density at radius 1 is 1.47 bits per heavy atom. The second kappa shape index (κ2) is 4.81. The molecular weight excluding hydrogens is 244 g/mol. The fourth-order valence-corrected chi connectivity index (χ4v) is 2.63. The summed E-state index contributed by atoms with van der Waals surface area (Å²) < 4.78 is 5.28. The van der Waals surface area contributed by atoms with Crippen LogP contribution in [0.25, 0.3) is 0 Å². The molecule has 0 radical (unpaired) electrons. The highest BCUT2D eigenvalue weighted by molar-refractivity contribution is 6.06. The molecule has 1 aromatic rings. The van der Waals surface area contributed by atoms with E-state index in [2.05, 4.69) is 5.32 Å². The topological polar surface area (TPSA) is 62.6 Å². The predicted octanol–water partition coefficient (Wildman–Crippen LogP) is 1.09. The maximum Gasteiger partial charge on any atom is 0.247 e. The van der Waals surface area contributed by atoms with Gasteiger partial charge in [0.15, 0.2) is 0 Å². The van der Waals surface area contributed by atoms with Gasteiger partial charge in [-0.1, -0.05) is 0 Å². The minimum absolute atomic E-state index is 0.0322. The maximum atomic E-state index is 12.2. The van der Waals surface area contributed by atoms with Crippen molar-refractivity contribution in [3.63, 3.8) is 0 Å². The number of carbonyl (C=O) groups excluding carboxylic acids is 2. The summed E-state index contributed by atoms with van der Waals surface area (Å²) in [5.74, 6) is 0.796. The van der Waals surface area contributed by atoms with Crippen LogP contribution in [0.15, 0.2) is 22.8 Å². The minimum atomic E-state index is -0.363. The van der Waals surface area contributed by atoms with Crippen LogP contribution in [0.3, 0.4) is 0 Å². The molecule has 0 aromatic carbocycles. The van der Waals surface area contributed by atoms with Crippen molar-refractivity contribution in [3.05, 3.63) is 24.2 Å². The van der Waals surface area contributed by atoms with Crippen LogP contribution in [0, 0.1) is 0 Å². The fraction of sp³-hybridized carbons (Fsp3) is 0.571. The van der Waals surface area contributed by atoms with Crippen LogP contribution >= 0.6 is 0 Å². The third-order valence-corrected chi connectivity index (χ3v) is 3.67. The molecule has 2 atom stereocenters. The summed E-state index contributed by atoms with van der Waals surface area (Å²) in [5, 5.41) is 3.24. The molecule has 19 heavy (non-hydrogen) atoms. The van der Waals surface area contributed by atoms with Gasteiger partial charge in [0.2, 0.25) is 11.8 Å². The van der Waals surface area contributed by atoms with Gasteiger partial charge in [0.25, 0.3) is 0 Å². The first-order valence-corrected chi connectivity index (χ1v) is 6.79. The highest BCUT2D eigenvalue weighted by Gasteiger charge is 2.46. The summed E-state index contributed by atoms with van der Waals surface area (Å²) in [6.07, 6.45) is 4.58. The van der Waals surface area contributed by atoms with E-state index in [1.54, 1.807) is 6.26 Å². The van der Waals surface area contributed by atoms with Crippen molar-refractivity contribution < 1.29 is 14.0 Å². The number of nitrogens with zero attached hydrogens (tertiary/aromatic N) is 1. The lowest BCUT2D eigenvalue weighted by Crippen LogP contribution is -2.44. The molecule has 1 saturated heterocycles. The summed E-state index contributed by atoms with van der Waals surface area (Å²) in [6, 6.07) is 3.68. The van der Waals surface area contributed by atoms with Crippen LogP contribution in [0.4, 0.5) is 0 Å². The summed E-state index contributed by atoms with van der Waals surface area (Å²) in [5.41, 5.74) is 0. The molecule has 5 heteroatoms. The summed E-state index contributed by atoms with van der Waals surface area (Å²) >= 11 is 0. The van der Waals surface area contributed by atoms with Gasteiger partial charge in [-0.05, 0) is 31.9 Å². The van der Waals surface area contributed by atoms with E-state index >= 15 is 0 Å². The zero-order valence-electron chi connectivity index (χ0n) is 11.0. The average molecular weight is 262 g/mol. The van der Waals surface area contributed by atoms with Gasteiger partial charge >= 0.3 is 0 Å². The zero-order valence-corrected chi connectivity index (χ0v) is 11.0. The first-order chi connectivity index (χ1) is 9.15. The number of carbonyl (C=O) groups is 2. The van der Waals surface area contributed by atoms with Gasteiger partial charge in [-0.3, -0.25) is 14.5 Å². The molecule has 1 saturated carbocycles. The molecule has 0 spiro atoms. The molecule has 2 fully saturated rings. The maximum absolute atomic E-state index is 12.2. The lowest BCUT2D eigenvalue weighted by Gasteiger charge is -2.18. The van der Waals surface area contributed by atoms with Crippen molar-refractivity contribution in [1.82, 2.24) is 10.2 Å². The van der Waals surface area contributed by atoms with E-state index in [1.807, 2.05) is 19.1 Å². The second-order valence-corrected chi connectivity index (χ2v) is 5.44. The Morgan fingerprint density at radius 3 is 2.89 bits per heavy atom. The second-order valence-electron chi connectivity index (χ2n) is 5.44. The molecule has 1 aliphatic heterocycles. The number of hydrogen-bond donors (Lipinski definition) is 1. The average Bonchev–Trinajstić information content (AvgIpc) is 2.98. The van der Waals surface area contributed by atoms with Gasteiger partial charge in [-0.25, -0.2) is 0 Å². The van der Waals surface area contributed by atoms with E-state index in [4.69, 9.17) is 4.42 Å². The van der Waals surface area contributed by atoms with Crippen molar-refractivity contribution in [3.8, 4) is 0 Å². The van der Waals surface area contributed by atoms with Crippen LogP contribution < -0.4 is 5.32 Å². The standard InChI is InChI=1S/C14H18N2O3/c1-9(7-11-3-2-6-19-11)15-12-8-13(17)16(14(12)18)10-4-5-10/h2-3,6,9-10,12,15H,4-5,7-8H2,1H3. The number of rotatable bonds is 5. The van der Waals surface area contributed by atoms with E-state index in [-0.39, 0.29) is 36.4 Å². The van der Waals surface area contributed by atoms with Crippen molar-refractivity contribution >= 4 is 11.8 Å². The molecule has 2 aliphatic rings. The molecular formula is C14H18N2O3. The molecule has 0 bridgehead atoms. The predicted molar refractivity (Wildman–Crippen MR) is 68.3 cm³/mol. The molecule has 5 nitrogen and oxygen atoms in total. The molecule has 3 rings (SSSR count). The molecule has 102 valence electrons. The van der Waals surface area contributed by atoms with E-state index in [9.17, 15) is 9.59 Å². The van der Waals surface area contributed by atoms with Crippen LogP contribution in [0.1, 0.15) is 31.9 Å². The lowest BCUT2D eigenvalue weighted by atomic mass is 10.1. The molecule has 1 aromatic heterocycles. The number of furan rings is 1. The van der Waals surface area contributed by atoms with Crippen LogP contribution in [-0.2, 0) is 16.0 Å². The van der Waals surface area contributed by atoms with Crippen molar-refractivity contribution in [2.24, 2.45) is 0 Å². The van der Waals surface area contributed by atoms with Gasteiger partial charge in [0.05, 0.1) is 18.7 Å². The van der Waals surface area contributed by atoms with Crippen LogP contribution in [0.5, 0.6) is 0 Å². The Morgan fingerprint density at radius 2 is 2.26 bits per heavy atom. The fourth-order valence-electron chi connectivity index (χ4n) is 2.63. The zero-order chi connectivity index (χ0) is 13.4. The van der Waals surface area contributed by atoms with Crippen LogP contribution in [0.2, 0.25) is 0 Å². The van der Waals surface area contributed by atoms with Gasteiger partial charge in [-0.2, -0.15) is 0 Å². The molecule has 1 aliphatic carbocycles. The van der Waals surface area contributed by atoms with Crippen molar-refractivity contribution in [2.45, 2.75) is 50.7 Å². The first kappa shape index (κ1) is 12.4. The van der Waals surface area contributed by atoms with Gasteiger partial charge in [0, 0.05) is 18.5 Å². The van der Waals surface area contributed by atoms with E-state index < -0.39 is 0 Å². The third kappa shape index (κ3) is 2.56. The SMILES string of the molecule is CC(Cc1ccco1)NC1CC(=O)N(C2CC2)C1=O. The van der Waals surface area contributed by atoms with Gasteiger partial charge in [0.1, 0.15) is 5.76 Å². The number of likely N-dealkylation sites (tertiary alicyclic amines) is 1. The Labute approximate surface area is 111 Å². The van der Waals surface area contributed by atoms with Gasteiger partial charge in [-0.15, -0.1) is 0 Å². The Hall–Kier alpha value is -1.62. The minimum Gasteiger partial charge on any atom is -0.469 e. The highest BCUT2D eigenvalue weighted by Crippen LogP contribution is 2.31. The number of imide groups is 1. The number of hydrogen-bond acceptors (Lipinski definition) is 4. The monoisotopic (exact) mass is 262 g/mol. The lowest BCUT2D eigenvalue weighted by molar-refractivity contribution is -0.139. The van der Waals surface area contributed by atoms with E-state index in [1.165, 1.54) is 4.90 Å². The van der Waals surface area contributed by atoms with Crippen molar-refractivity contribution in [2.75, 3.05) is 0 Å². The quantitative estimate of drug-likeness (QED) is 0.807. The third-order valence-electron chi connectivity index (χ3n) is 3.67.